The fourth-order valence-electron chi connectivity index (χ4n) is 1.12. The van der Waals surface area contributed by atoms with Gasteiger partial charge in [0.1, 0.15) is 11.8 Å². The van der Waals surface area contributed by atoms with E-state index in [1.54, 1.807) is 0 Å². The molecule has 1 aromatic heterocycles. The normalized spacial score (nSPS) is 11.9. The number of aliphatic hydroxyl groups is 1. The number of aliphatic hydroxyl groups excluding tert-OH is 1. The van der Waals surface area contributed by atoms with Crippen LogP contribution in [0.25, 0.3) is 0 Å². The summed E-state index contributed by atoms with van der Waals surface area (Å²) in [6, 6.07) is 4.93. The van der Waals surface area contributed by atoms with Crippen LogP contribution in [0.4, 0.5) is 0 Å². The molecule has 1 aromatic rings. The summed E-state index contributed by atoms with van der Waals surface area (Å²) in [7, 11) is 0. The predicted molar refractivity (Wildman–Crippen MR) is 62.1 cm³/mol. The van der Waals surface area contributed by atoms with Crippen LogP contribution in [0.15, 0.2) is 18.3 Å². The number of hydrogen-bond donors (Lipinski definition) is 2. The van der Waals surface area contributed by atoms with E-state index in [0.29, 0.717) is 5.56 Å². The molecular formula is C12H15N3O2. The Labute approximate surface area is 100 Å². The van der Waals surface area contributed by atoms with E-state index in [4.69, 9.17) is 5.26 Å². The number of amides is 1. The number of carbonyl (C=O) groups excluding carboxylic acids is 1. The number of aromatic nitrogens is 1. The van der Waals surface area contributed by atoms with Crippen molar-refractivity contribution in [2.45, 2.75) is 20.0 Å². The summed E-state index contributed by atoms with van der Waals surface area (Å²) in [4.78, 5) is 15.5. The average Bonchev–Trinajstić information content (AvgIpc) is 2.35. The van der Waals surface area contributed by atoms with Crippen molar-refractivity contribution in [3.63, 3.8) is 0 Å². The lowest BCUT2D eigenvalue weighted by molar-refractivity contribution is 0.0867. The smallest absolute Gasteiger partial charge is 0.269 e. The Balaban J connectivity index is 2.56. The molecule has 1 amide bonds. The molecule has 0 saturated heterocycles. The monoisotopic (exact) mass is 233 g/mol. The first-order valence-corrected chi connectivity index (χ1v) is 5.37. The fourth-order valence-corrected chi connectivity index (χ4v) is 1.12. The third kappa shape index (κ3) is 3.85. The molecule has 1 atom stereocenters. The Bertz CT molecular complexity index is 420. The van der Waals surface area contributed by atoms with Crippen molar-refractivity contribution in [2.75, 3.05) is 6.54 Å². The Kier molecular flexibility index (Phi) is 4.61. The van der Waals surface area contributed by atoms with E-state index in [2.05, 4.69) is 10.3 Å². The van der Waals surface area contributed by atoms with Crippen LogP contribution >= 0.6 is 0 Å². The number of nitrogens with zero attached hydrogens (tertiary/aromatic N) is 2. The van der Waals surface area contributed by atoms with Gasteiger partial charge in [0.25, 0.3) is 5.91 Å². The molecule has 0 saturated carbocycles. The van der Waals surface area contributed by atoms with Crippen LogP contribution in [-0.2, 0) is 0 Å². The third-order valence-electron chi connectivity index (χ3n) is 2.37. The van der Waals surface area contributed by atoms with Crippen molar-refractivity contribution < 1.29 is 9.90 Å². The summed E-state index contributed by atoms with van der Waals surface area (Å²) in [6.45, 7) is 3.94. The number of nitrogens with one attached hydrogen (secondary N) is 1. The van der Waals surface area contributed by atoms with Gasteiger partial charge in [-0.1, -0.05) is 13.8 Å². The molecule has 1 heterocycles. The molecule has 90 valence electrons. The quantitative estimate of drug-likeness (QED) is 0.801. The van der Waals surface area contributed by atoms with Gasteiger partial charge in [0, 0.05) is 12.7 Å². The molecule has 0 radical (unpaired) electrons. The lowest BCUT2D eigenvalue weighted by atomic mass is 10.1. The van der Waals surface area contributed by atoms with E-state index < -0.39 is 6.10 Å². The summed E-state index contributed by atoms with van der Waals surface area (Å²) >= 11 is 0. The molecule has 2 N–H and O–H groups in total. The number of pyridine rings is 1. The minimum Gasteiger partial charge on any atom is -0.391 e. The maximum Gasteiger partial charge on any atom is 0.269 e. The van der Waals surface area contributed by atoms with Crippen molar-refractivity contribution in [1.82, 2.24) is 10.3 Å². The van der Waals surface area contributed by atoms with Gasteiger partial charge < -0.3 is 10.4 Å². The highest BCUT2D eigenvalue weighted by atomic mass is 16.3. The molecule has 0 aromatic carbocycles. The van der Waals surface area contributed by atoms with E-state index in [1.807, 2.05) is 19.9 Å². The molecule has 1 rings (SSSR count). The van der Waals surface area contributed by atoms with Gasteiger partial charge in [-0.25, -0.2) is 4.98 Å². The first-order chi connectivity index (χ1) is 8.04. The fraction of sp³-hybridized carbons (Fsp3) is 0.417. The lowest BCUT2D eigenvalue weighted by Gasteiger charge is -2.14. The molecule has 0 bridgehead atoms. The second-order valence-corrected chi connectivity index (χ2v) is 4.07. The molecule has 5 heteroatoms. The van der Waals surface area contributed by atoms with Crippen molar-refractivity contribution in [3.05, 3.63) is 29.6 Å². The summed E-state index contributed by atoms with van der Waals surface area (Å²) in [5.74, 6) is -0.265. The van der Waals surface area contributed by atoms with E-state index >= 15 is 0 Å². The topological polar surface area (TPSA) is 86.0 Å². The summed E-state index contributed by atoms with van der Waals surface area (Å²) in [6.07, 6.45) is 0.769. The summed E-state index contributed by atoms with van der Waals surface area (Å²) in [5.41, 5.74) is 0.642. The number of carbonyl (C=O) groups is 1. The van der Waals surface area contributed by atoms with Crippen molar-refractivity contribution in [2.24, 2.45) is 5.92 Å². The van der Waals surface area contributed by atoms with Crippen molar-refractivity contribution >= 4 is 5.91 Å². The van der Waals surface area contributed by atoms with Gasteiger partial charge in [0.05, 0.1) is 11.7 Å². The number of nitriles is 1. The van der Waals surface area contributed by atoms with Crippen LogP contribution in [0.5, 0.6) is 0 Å². The van der Waals surface area contributed by atoms with Gasteiger partial charge in [-0.2, -0.15) is 5.26 Å². The SMILES string of the molecule is CC(C)C(O)CNC(=O)c1ccc(C#N)cn1. The largest absolute Gasteiger partial charge is 0.391 e. The highest BCUT2D eigenvalue weighted by Gasteiger charge is 2.12. The molecule has 5 nitrogen and oxygen atoms in total. The van der Waals surface area contributed by atoms with Crippen molar-refractivity contribution in [3.8, 4) is 6.07 Å². The molecule has 0 aliphatic rings. The first-order valence-electron chi connectivity index (χ1n) is 5.37. The van der Waals surface area contributed by atoms with Crippen LogP contribution in [0.1, 0.15) is 29.9 Å². The van der Waals surface area contributed by atoms with Crippen LogP contribution in [0, 0.1) is 17.2 Å². The first kappa shape index (κ1) is 13.1. The molecule has 0 aliphatic carbocycles. The van der Waals surface area contributed by atoms with Crippen LogP contribution in [-0.4, -0.2) is 28.6 Å². The summed E-state index contributed by atoms with van der Waals surface area (Å²) < 4.78 is 0. The van der Waals surface area contributed by atoms with Gasteiger partial charge in [0.2, 0.25) is 0 Å². The molecule has 1 unspecified atom stereocenters. The third-order valence-corrected chi connectivity index (χ3v) is 2.37. The van der Waals surface area contributed by atoms with Crippen molar-refractivity contribution in [1.29, 1.82) is 5.26 Å². The van der Waals surface area contributed by atoms with E-state index in [0.717, 1.165) is 0 Å². The predicted octanol–water partition coefficient (Wildman–Crippen LogP) is 0.700. The second-order valence-electron chi connectivity index (χ2n) is 4.07. The zero-order valence-electron chi connectivity index (χ0n) is 9.84. The molecule has 17 heavy (non-hydrogen) atoms. The van der Waals surface area contributed by atoms with Crippen LogP contribution < -0.4 is 5.32 Å². The van der Waals surface area contributed by atoms with Gasteiger partial charge in [-0.15, -0.1) is 0 Å². The van der Waals surface area contributed by atoms with Gasteiger partial charge in [-0.3, -0.25) is 4.79 Å². The maximum absolute atomic E-state index is 11.6. The van der Waals surface area contributed by atoms with E-state index in [-0.39, 0.29) is 24.1 Å². The Morgan fingerprint density at radius 3 is 2.76 bits per heavy atom. The average molecular weight is 233 g/mol. The Hall–Kier alpha value is -1.93. The summed E-state index contributed by atoms with van der Waals surface area (Å²) in [5, 5.41) is 20.7. The standard InChI is InChI=1S/C12H15N3O2/c1-8(2)11(16)7-15-12(17)10-4-3-9(5-13)6-14-10/h3-4,6,8,11,16H,7H2,1-2H3,(H,15,17). The highest BCUT2D eigenvalue weighted by Crippen LogP contribution is 2.01. The highest BCUT2D eigenvalue weighted by molar-refractivity contribution is 5.92. The Morgan fingerprint density at radius 2 is 2.29 bits per heavy atom. The van der Waals surface area contributed by atoms with Gasteiger partial charge in [-0.05, 0) is 18.1 Å². The zero-order valence-corrected chi connectivity index (χ0v) is 9.84. The number of hydrogen-bond acceptors (Lipinski definition) is 4. The minimum atomic E-state index is -0.572. The Morgan fingerprint density at radius 1 is 1.59 bits per heavy atom. The van der Waals surface area contributed by atoms with Crippen LogP contribution in [0.2, 0.25) is 0 Å². The molecule has 0 aliphatic heterocycles. The molecule has 0 spiro atoms. The van der Waals surface area contributed by atoms with E-state index in [1.165, 1.54) is 18.3 Å². The number of rotatable bonds is 4. The maximum atomic E-state index is 11.6. The van der Waals surface area contributed by atoms with E-state index in [9.17, 15) is 9.90 Å². The van der Waals surface area contributed by atoms with Gasteiger partial charge >= 0.3 is 0 Å². The second kappa shape index (κ2) is 5.97. The lowest BCUT2D eigenvalue weighted by Crippen LogP contribution is -2.35. The zero-order chi connectivity index (χ0) is 12.8. The molecular weight excluding hydrogens is 218 g/mol. The van der Waals surface area contributed by atoms with Crippen LogP contribution in [0.3, 0.4) is 0 Å². The van der Waals surface area contributed by atoms with Gasteiger partial charge in [0.15, 0.2) is 0 Å². The minimum absolute atomic E-state index is 0.0872. The molecule has 0 fully saturated rings.